The van der Waals surface area contributed by atoms with E-state index in [4.69, 9.17) is 16.6 Å². The van der Waals surface area contributed by atoms with Crippen molar-refractivity contribution in [2.45, 2.75) is 51.0 Å². The number of hydrogen-bond acceptors (Lipinski definition) is 4. The monoisotopic (exact) mass is 461 g/mol. The van der Waals surface area contributed by atoms with Crippen molar-refractivity contribution >= 4 is 46.0 Å². The number of hydrogen-bond donors (Lipinski definition) is 1. The number of halogens is 1. The molecule has 2 saturated carbocycles. The lowest BCUT2D eigenvalue weighted by Crippen LogP contribution is -2.05. The normalized spacial score (nSPS) is 21.0. The van der Waals surface area contributed by atoms with Gasteiger partial charge in [0, 0.05) is 31.2 Å². The molecule has 2 atom stereocenters. The Bertz CT molecular complexity index is 1180. The highest BCUT2D eigenvalue weighted by atomic mass is 35.5. The van der Waals surface area contributed by atoms with Gasteiger partial charge in [0.15, 0.2) is 0 Å². The fraction of sp³-hybridized carbons (Fsp3) is 0.444. The number of anilines is 1. The van der Waals surface area contributed by atoms with Crippen molar-refractivity contribution in [3.8, 4) is 0 Å². The first kappa shape index (κ1) is 22.1. The molecule has 2 aliphatic carbocycles. The van der Waals surface area contributed by atoms with Crippen LogP contribution in [0.1, 0.15) is 55.7 Å². The molecule has 0 radical (unpaired) electrons. The molecule has 0 amide bonds. The van der Waals surface area contributed by atoms with Gasteiger partial charge in [0.05, 0.1) is 11.1 Å². The molecule has 3 aromatic rings. The Morgan fingerprint density at radius 3 is 2.76 bits per heavy atom. The maximum Gasteiger partial charge on any atom is 0.142 e. The highest BCUT2D eigenvalue weighted by Crippen LogP contribution is 2.40. The Morgan fingerprint density at radius 2 is 1.97 bits per heavy atom. The van der Waals surface area contributed by atoms with Crippen LogP contribution in [0.5, 0.6) is 0 Å². The summed E-state index contributed by atoms with van der Waals surface area (Å²) in [4.78, 5) is 13.2. The van der Waals surface area contributed by atoms with Gasteiger partial charge in [-0.25, -0.2) is 9.98 Å². The lowest BCUT2D eigenvalue weighted by molar-refractivity contribution is 0.458. The summed E-state index contributed by atoms with van der Waals surface area (Å²) in [6.45, 7) is 4.81. The first-order chi connectivity index (χ1) is 16.1. The van der Waals surface area contributed by atoms with Gasteiger partial charge in [0.2, 0.25) is 0 Å². The first-order valence-corrected chi connectivity index (χ1v) is 12.5. The van der Waals surface area contributed by atoms with Gasteiger partial charge >= 0.3 is 0 Å². The number of fused-ring (bicyclic) bond motifs is 1. The van der Waals surface area contributed by atoms with Gasteiger partial charge in [-0.2, -0.15) is 0 Å². The average Bonchev–Trinajstić information content (AvgIpc) is 3.38. The van der Waals surface area contributed by atoms with E-state index in [0.29, 0.717) is 17.1 Å². The summed E-state index contributed by atoms with van der Waals surface area (Å²) >= 11 is 6.27. The van der Waals surface area contributed by atoms with Gasteiger partial charge in [-0.15, -0.1) is 0 Å². The van der Waals surface area contributed by atoms with Crippen LogP contribution in [0.25, 0.3) is 10.9 Å². The molecule has 6 heteroatoms. The molecule has 2 aromatic heterocycles. The zero-order chi connectivity index (χ0) is 22.8. The maximum atomic E-state index is 6.27. The number of nitrogens with one attached hydrogen (secondary N) is 1. The van der Waals surface area contributed by atoms with E-state index in [1.54, 1.807) is 7.05 Å². The van der Waals surface area contributed by atoms with E-state index in [1.165, 1.54) is 43.1 Å². The van der Waals surface area contributed by atoms with Crippen molar-refractivity contribution in [2.24, 2.45) is 21.8 Å². The summed E-state index contributed by atoms with van der Waals surface area (Å²) in [6, 6.07) is 13.5. The molecule has 2 heterocycles. The zero-order valence-electron chi connectivity index (χ0n) is 19.3. The second-order valence-corrected chi connectivity index (χ2v) is 9.91. The fourth-order valence-corrected chi connectivity index (χ4v) is 5.25. The number of nitrogens with zero attached hydrogens (tertiary/aromatic N) is 4. The molecule has 0 bridgehead atoms. The minimum Gasteiger partial charge on any atom is -0.370 e. The summed E-state index contributed by atoms with van der Waals surface area (Å²) in [7, 11) is 1.70. The molecule has 1 aromatic carbocycles. The minimum atomic E-state index is 0.448. The van der Waals surface area contributed by atoms with Gasteiger partial charge in [-0.3, -0.25) is 4.99 Å². The Labute approximate surface area is 201 Å². The zero-order valence-corrected chi connectivity index (χ0v) is 20.1. The first-order valence-electron chi connectivity index (χ1n) is 12.1. The van der Waals surface area contributed by atoms with E-state index < -0.39 is 0 Å². The summed E-state index contributed by atoms with van der Waals surface area (Å²) in [5.74, 6) is 3.39. The number of aliphatic imine (C=N–C) groups is 2. The minimum absolute atomic E-state index is 0.448. The largest absolute Gasteiger partial charge is 0.370 e. The Kier molecular flexibility index (Phi) is 6.50. The number of benzene rings is 1. The SMILES string of the molecule is C=Nc1c(C(Cl)=NC)ccn1C1CCC(CCc2ccc3ccc(NCC4CC4)nc3c2)C1. The maximum absolute atomic E-state index is 6.27. The third-order valence-corrected chi connectivity index (χ3v) is 7.60. The highest BCUT2D eigenvalue weighted by Gasteiger charge is 2.28. The Balaban J connectivity index is 1.21. The van der Waals surface area contributed by atoms with Crippen LogP contribution in [0.15, 0.2) is 52.6 Å². The van der Waals surface area contributed by atoms with E-state index in [1.807, 2.05) is 6.07 Å². The molecule has 0 saturated heterocycles. The molecular formula is C27H32ClN5. The smallest absolute Gasteiger partial charge is 0.142 e. The molecule has 1 N–H and O–H groups in total. The van der Waals surface area contributed by atoms with Gasteiger partial charge in [0.1, 0.15) is 16.8 Å². The lowest BCUT2D eigenvalue weighted by atomic mass is 9.97. The van der Waals surface area contributed by atoms with Crippen molar-refractivity contribution in [1.29, 1.82) is 0 Å². The number of rotatable bonds is 9. The number of aryl methyl sites for hydroxylation is 1. The van der Waals surface area contributed by atoms with E-state index in [0.717, 1.165) is 48.0 Å². The molecule has 0 aliphatic heterocycles. The predicted molar refractivity (Wildman–Crippen MR) is 140 cm³/mol. The van der Waals surface area contributed by atoms with Crippen molar-refractivity contribution in [3.05, 3.63) is 53.7 Å². The molecule has 5 rings (SSSR count). The van der Waals surface area contributed by atoms with Gasteiger partial charge < -0.3 is 9.88 Å². The third-order valence-electron chi connectivity index (χ3n) is 7.23. The van der Waals surface area contributed by atoms with E-state index in [-0.39, 0.29) is 0 Å². The van der Waals surface area contributed by atoms with Crippen LogP contribution in [-0.4, -0.2) is 35.0 Å². The van der Waals surface area contributed by atoms with Crippen LogP contribution in [0.4, 0.5) is 11.6 Å². The Morgan fingerprint density at radius 1 is 1.15 bits per heavy atom. The molecule has 172 valence electrons. The topological polar surface area (TPSA) is 54.6 Å². The van der Waals surface area contributed by atoms with E-state index >= 15 is 0 Å². The molecule has 2 fully saturated rings. The van der Waals surface area contributed by atoms with Gasteiger partial charge in [-0.1, -0.05) is 23.7 Å². The number of aromatic nitrogens is 2. The highest BCUT2D eigenvalue weighted by molar-refractivity contribution is 6.70. The van der Waals surface area contributed by atoms with Gasteiger partial charge in [0.25, 0.3) is 0 Å². The van der Waals surface area contributed by atoms with Crippen LogP contribution >= 0.6 is 11.6 Å². The summed E-state index contributed by atoms with van der Waals surface area (Å²) in [6.07, 6.45) is 10.6. The van der Waals surface area contributed by atoms with Crippen LogP contribution in [0, 0.1) is 11.8 Å². The number of pyridine rings is 1. The predicted octanol–water partition coefficient (Wildman–Crippen LogP) is 6.78. The molecule has 2 unspecified atom stereocenters. The van der Waals surface area contributed by atoms with Gasteiger partial charge in [-0.05, 0) is 93.3 Å². The van der Waals surface area contributed by atoms with Crippen LogP contribution in [0.3, 0.4) is 0 Å². The average molecular weight is 462 g/mol. The van der Waals surface area contributed by atoms with Crippen molar-refractivity contribution in [1.82, 2.24) is 9.55 Å². The van der Waals surface area contributed by atoms with Crippen molar-refractivity contribution < 1.29 is 0 Å². The summed E-state index contributed by atoms with van der Waals surface area (Å²) in [5.41, 5.74) is 3.33. The van der Waals surface area contributed by atoms with Crippen molar-refractivity contribution in [2.75, 3.05) is 18.9 Å². The second-order valence-electron chi connectivity index (χ2n) is 9.55. The van der Waals surface area contributed by atoms with Crippen LogP contribution in [0.2, 0.25) is 0 Å². The van der Waals surface area contributed by atoms with E-state index in [9.17, 15) is 0 Å². The molecular weight excluding hydrogens is 430 g/mol. The molecule has 5 nitrogen and oxygen atoms in total. The van der Waals surface area contributed by atoms with Crippen LogP contribution in [-0.2, 0) is 6.42 Å². The molecule has 0 spiro atoms. The third kappa shape index (κ3) is 4.98. The fourth-order valence-electron chi connectivity index (χ4n) is 5.10. The summed E-state index contributed by atoms with van der Waals surface area (Å²) in [5, 5.41) is 5.19. The van der Waals surface area contributed by atoms with E-state index in [2.05, 4.69) is 63.1 Å². The Hall–Kier alpha value is -2.66. The quantitative estimate of drug-likeness (QED) is 0.357. The second kappa shape index (κ2) is 9.68. The van der Waals surface area contributed by atoms with Crippen LogP contribution < -0.4 is 5.32 Å². The standard InChI is InChI=1S/C27H32ClN5/c1-29-26(28)23-13-14-33(27(23)30-2)22-11-8-18(15-22)3-4-19-7-9-21-10-12-25(32-24(21)16-19)31-17-20-5-6-20/h7,9-10,12-14,16,18,20,22H,2-6,8,11,15,17H2,1H3,(H,31,32). The molecule has 33 heavy (non-hydrogen) atoms. The van der Waals surface area contributed by atoms with Crippen molar-refractivity contribution in [3.63, 3.8) is 0 Å². The molecule has 2 aliphatic rings. The lowest BCUT2D eigenvalue weighted by Gasteiger charge is -2.16. The summed E-state index contributed by atoms with van der Waals surface area (Å²) < 4.78 is 2.24.